The van der Waals surface area contributed by atoms with Gasteiger partial charge in [0.05, 0.1) is 12.6 Å². The van der Waals surface area contributed by atoms with Crippen molar-refractivity contribution in [3.8, 4) is 5.75 Å². The number of aryl methyl sites for hydroxylation is 1. The molecule has 0 spiro atoms. The third-order valence-corrected chi connectivity index (χ3v) is 4.93. The molecule has 1 saturated heterocycles. The van der Waals surface area contributed by atoms with Crippen LogP contribution in [0.1, 0.15) is 28.9 Å². The molecule has 146 valence electrons. The zero-order chi connectivity index (χ0) is 19.3. The Labute approximate surface area is 164 Å². The highest BCUT2D eigenvalue weighted by Crippen LogP contribution is 2.16. The van der Waals surface area contributed by atoms with Crippen molar-refractivity contribution in [1.29, 1.82) is 0 Å². The van der Waals surface area contributed by atoms with Gasteiger partial charge in [-0.1, -0.05) is 24.3 Å². The van der Waals surface area contributed by atoms with E-state index in [1.54, 1.807) is 11.1 Å². The Morgan fingerprint density at radius 1 is 1.25 bits per heavy atom. The molecule has 3 heterocycles. The van der Waals surface area contributed by atoms with Crippen LogP contribution in [0.3, 0.4) is 0 Å². The number of carbonyl (C=O) groups excluding carboxylic acids is 1. The molecule has 1 aliphatic rings. The summed E-state index contributed by atoms with van der Waals surface area (Å²) in [7, 11) is 0. The SMILES string of the molecule is Cc1ccc2nc(C(=O)N(CCOc3ccccc3)C[C@@H]3CCCO3)cn2c1. The van der Waals surface area contributed by atoms with Crippen molar-refractivity contribution >= 4 is 11.6 Å². The van der Waals surface area contributed by atoms with Gasteiger partial charge in [-0.15, -0.1) is 0 Å². The number of benzene rings is 1. The Bertz CT molecular complexity index is 933. The van der Waals surface area contributed by atoms with E-state index in [9.17, 15) is 4.79 Å². The number of para-hydroxylation sites is 1. The second kappa shape index (κ2) is 8.44. The molecule has 28 heavy (non-hydrogen) atoms. The van der Waals surface area contributed by atoms with Gasteiger partial charge in [-0.25, -0.2) is 4.98 Å². The molecule has 1 aliphatic heterocycles. The summed E-state index contributed by atoms with van der Waals surface area (Å²) >= 11 is 0. The second-order valence-electron chi connectivity index (χ2n) is 7.15. The summed E-state index contributed by atoms with van der Waals surface area (Å²) in [6.45, 7) is 4.26. The lowest BCUT2D eigenvalue weighted by atomic mass is 10.2. The average Bonchev–Trinajstić information content (AvgIpc) is 3.36. The molecule has 6 nitrogen and oxygen atoms in total. The lowest BCUT2D eigenvalue weighted by Crippen LogP contribution is -2.40. The first-order chi connectivity index (χ1) is 13.7. The summed E-state index contributed by atoms with van der Waals surface area (Å²) in [6.07, 6.45) is 5.88. The van der Waals surface area contributed by atoms with E-state index in [0.717, 1.165) is 36.4 Å². The molecule has 3 aromatic rings. The molecule has 0 N–H and O–H groups in total. The topological polar surface area (TPSA) is 56.1 Å². The molecule has 1 aromatic carbocycles. The summed E-state index contributed by atoms with van der Waals surface area (Å²) in [5, 5.41) is 0. The number of ether oxygens (including phenoxy) is 2. The summed E-state index contributed by atoms with van der Waals surface area (Å²) < 4.78 is 13.4. The summed E-state index contributed by atoms with van der Waals surface area (Å²) in [5.74, 6) is 0.712. The number of imidazole rings is 1. The van der Waals surface area contributed by atoms with Crippen LogP contribution in [0.4, 0.5) is 0 Å². The largest absolute Gasteiger partial charge is 0.492 e. The van der Waals surface area contributed by atoms with Gasteiger partial charge in [-0.2, -0.15) is 0 Å². The lowest BCUT2D eigenvalue weighted by Gasteiger charge is -2.24. The zero-order valence-electron chi connectivity index (χ0n) is 16.1. The molecule has 0 bridgehead atoms. The van der Waals surface area contributed by atoms with Crippen molar-refractivity contribution in [3.05, 3.63) is 66.1 Å². The van der Waals surface area contributed by atoms with E-state index in [4.69, 9.17) is 9.47 Å². The van der Waals surface area contributed by atoms with E-state index < -0.39 is 0 Å². The van der Waals surface area contributed by atoms with Gasteiger partial charge in [0.2, 0.25) is 0 Å². The normalized spacial score (nSPS) is 16.4. The molecule has 0 saturated carbocycles. The van der Waals surface area contributed by atoms with Gasteiger partial charge in [0.1, 0.15) is 23.7 Å². The van der Waals surface area contributed by atoms with Crippen molar-refractivity contribution in [2.45, 2.75) is 25.9 Å². The Morgan fingerprint density at radius 2 is 2.11 bits per heavy atom. The Hall–Kier alpha value is -2.86. The first-order valence-corrected chi connectivity index (χ1v) is 9.73. The van der Waals surface area contributed by atoms with Gasteiger partial charge in [0.25, 0.3) is 5.91 Å². The first-order valence-electron chi connectivity index (χ1n) is 9.73. The highest BCUT2D eigenvalue weighted by atomic mass is 16.5. The van der Waals surface area contributed by atoms with Crippen molar-refractivity contribution in [2.75, 3.05) is 26.3 Å². The highest BCUT2D eigenvalue weighted by Gasteiger charge is 2.25. The number of amides is 1. The van der Waals surface area contributed by atoms with E-state index in [2.05, 4.69) is 4.98 Å². The molecular weight excluding hydrogens is 354 g/mol. The Balaban J connectivity index is 1.48. The minimum Gasteiger partial charge on any atom is -0.492 e. The van der Waals surface area contributed by atoms with E-state index in [0.29, 0.717) is 25.4 Å². The van der Waals surface area contributed by atoms with Gasteiger partial charge < -0.3 is 18.8 Å². The zero-order valence-corrected chi connectivity index (χ0v) is 16.1. The van der Waals surface area contributed by atoms with Crippen LogP contribution in [0.25, 0.3) is 5.65 Å². The number of pyridine rings is 1. The molecule has 1 atom stereocenters. The lowest BCUT2D eigenvalue weighted by molar-refractivity contribution is 0.0490. The quantitative estimate of drug-likeness (QED) is 0.632. The number of nitrogens with zero attached hydrogens (tertiary/aromatic N) is 3. The highest BCUT2D eigenvalue weighted by molar-refractivity contribution is 5.93. The summed E-state index contributed by atoms with van der Waals surface area (Å²) in [6, 6.07) is 13.6. The fourth-order valence-corrected chi connectivity index (χ4v) is 3.47. The summed E-state index contributed by atoms with van der Waals surface area (Å²) in [5.41, 5.74) is 2.34. The van der Waals surface area contributed by atoms with Gasteiger partial charge in [0, 0.05) is 25.5 Å². The Kier molecular flexibility index (Phi) is 5.58. The maximum absolute atomic E-state index is 13.2. The van der Waals surface area contributed by atoms with Gasteiger partial charge in [0.15, 0.2) is 0 Å². The smallest absolute Gasteiger partial charge is 0.274 e. The number of hydrogen-bond acceptors (Lipinski definition) is 4. The minimum atomic E-state index is -0.0893. The third-order valence-electron chi connectivity index (χ3n) is 4.93. The maximum Gasteiger partial charge on any atom is 0.274 e. The standard InChI is InChI=1S/C22H25N3O3/c1-17-9-10-21-23-20(16-25(21)14-17)22(26)24(15-19-8-5-12-27-19)11-13-28-18-6-3-2-4-7-18/h2-4,6-7,9-10,14,16,19H,5,8,11-13,15H2,1H3/t19-/m0/s1. The molecule has 2 aromatic heterocycles. The van der Waals surface area contributed by atoms with Crippen LogP contribution >= 0.6 is 0 Å². The van der Waals surface area contributed by atoms with Crippen LogP contribution in [0.2, 0.25) is 0 Å². The molecule has 1 amide bonds. The fraction of sp³-hybridized carbons (Fsp3) is 0.364. The molecule has 6 heteroatoms. The van der Waals surface area contributed by atoms with E-state index in [1.807, 2.05) is 60.0 Å². The number of hydrogen-bond donors (Lipinski definition) is 0. The van der Waals surface area contributed by atoms with Crippen molar-refractivity contribution in [1.82, 2.24) is 14.3 Å². The number of carbonyl (C=O) groups is 1. The van der Waals surface area contributed by atoms with E-state index >= 15 is 0 Å². The average molecular weight is 379 g/mol. The molecule has 0 radical (unpaired) electrons. The van der Waals surface area contributed by atoms with E-state index in [-0.39, 0.29) is 12.0 Å². The van der Waals surface area contributed by atoms with Crippen LogP contribution in [0.5, 0.6) is 5.75 Å². The van der Waals surface area contributed by atoms with Gasteiger partial charge in [-0.05, 0) is 43.5 Å². The van der Waals surface area contributed by atoms with Crippen molar-refractivity contribution in [2.24, 2.45) is 0 Å². The second-order valence-corrected chi connectivity index (χ2v) is 7.15. The van der Waals surface area contributed by atoms with Crippen molar-refractivity contribution in [3.63, 3.8) is 0 Å². The molecular formula is C22H25N3O3. The molecule has 0 aliphatic carbocycles. The monoisotopic (exact) mass is 379 g/mol. The number of aromatic nitrogens is 2. The predicted octanol–water partition coefficient (Wildman–Crippen LogP) is 3.34. The van der Waals surface area contributed by atoms with Crippen LogP contribution in [0, 0.1) is 6.92 Å². The summed E-state index contributed by atoms with van der Waals surface area (Å²) in [4.78, 5) is 19.5. The number of fused-ring (bicyclic) bond motifs is 1. The van der Waals surface area contributed by atoms with Crippen LogP contribution in [-0.2, 0) is 4.74 Å². The van der Waals surface area contributed by atoms with Crippen LogP contribution in [-0.4, -0.2) is 52.6 Å². The van der Waals surface area contributed by atoms with E-state index in [1.165, 1.54) is 0 Å². The minimum absolute atomic E-state index is 0.0833. The molecule has 0 unspecified atom stereocenters. The van der Waals surface area contributed by atoms with Crippen molar-refractivity contribution < 1.29 is 14.3 Å². The molecule has 1 fully saturated rings. The Morgan fingerprint density at radius 3 is 2.89 bits per heavy atom. The first kappa shape index (κ1) is 18.5. The van der Waals surface area contributed by atoms with Crippen LogP contribution in [0.15, 0.2) is 54.9 Å². The number of rotatable bonds is 7. The van der Waals surface area contributed by atoms with Crippen LogP contribution < -0.4 is 4.74 Å². The molecule has 4 rings (SSSR count). The fourth-order valence-electron chi connectivity index (χ4n) is 3.47. The van der Waals surface area contributed by atoms with Gasteiger partial charge >= 0.3 is 0 Å². The maximum atomic E-state index is 13.2. The van der Waals surface area contributed by atoms with Gasteiger partial charge in [-0.3, -0.25) is 4.79 Å². The predicted molar refractivity (Wildman–Crippen MR) is 107 cm³/mol. The third kappa shape index (κ3) is 4.34.